The Morgan fingerprint density at radius 2 is 1.84 bits per heavy atom. The third kappa shape index (κ3) is 7.03. The molecule has 142 valence electrons. The summed E-state index contributed by atoms with van der Waals surface area (Å²) < 4.78 is 64.2. The molecule has 0 saturated heterocycles. The van der Waals surface area contributed by atoms with Gasteiger partial charge in [0, 0.05) is 13.6 Å². The maximum Gasteiger partial charge on any atom is 0.416 e. The van der Waals surface area contributed by atoms with Crippen molar-refractivity contribution in [3.8, 4) is 0 Å². The van der Waals surface area contributed by atoms with Crippen molar-refractivity contribution in [2.45, 2.75) is 38.1 Å². The van der Waals surface area contributed by atoms with Gasteiger partial charge in [0.15, 0.2) is 0 Å². The van der Waals surface area contributed by atoms with Crippen LogP contribution in [0.15, 0.2) is 24.3 Å². The van der Waals surface area contributed by atoms with Crippen molar-refractivity contribution in [3.63, 3.8) is 0 Å². The molecule has 0 unspecified atom stereocenters. The Balaban J connectivity index is 2.74. The number of nitrogens with zero attached hydrogens (tertiary/aromatic N) is 1. The van der Waals surface area contributed by atoms with Crippen LogP contribution in [0.5, 0.6) is 0 Å². The minimum absolute atomic E-state index is 0.342. The van der Waals surface area contributed by atoms with Crippen molar-refractivity contribution in [1.29, 1.82) is 0 Å². The van der Waals surface area contributed by atoms with E-state index in [9.17, 15) is 26.4 Å². The second-order valence-electron chi connectivity index (χ2n) is 5.72. The summed E-state index contributed by atoms with van der Waals surface area (Å²) in [5.41, 5.74) is -1.33. The van der Waals surface area contributed by atoms with Gasteiger partial charge >= 0.3 is 6.18 Å². The number of amides is 1. The first-order valence-corrected chi connectivity index (χ1v) is 9.54. The molecular formula is C16H23F3N2O3S. The topological polar surface area (TPSA) is 66.5 Å². The molecule has 0 saturated carbocycles. The minimum Gasteiger partial charge on any atom is -0.355 e. The molecule has 1 aromatic carbocycles. The van der Waals surface area contributed by atoms with Crippen LogP contribution in [0.25, 0.3) is 0 Å². The SMILES string of the molecule is CCCCCNC(=O)CN(C)S(=O)(=O)Cc1ccccc1C(F)(F)F. The van der Waals surface area contributed by atoms with Gasteiger partial charge < -0.3 is 5.32 Å². The molecule has 0 aliphatic heterocycles. The van der Waals surface area contributed by atoms with Crippen LogP contribution in [-0.2, 0) is 26.7 Å². The minimum atomic E-state index is -4.64. The number of benzene rings is 1. The number of hydrogen-bond donors (Lipinski definition) is 1. The van der Waals surface area contributed by atoms with E-state index >= 15 is 0 Å². The Labute approximate surface area is 146 Å². The van der Waals surface area contributed by atoms with Gasteiger partial charge in [-0.1, -0.05) is 38.0 Å². The van der Waals surface area contributed by atoms with Crippen molar-refractivity contribution in [3.05, 3.63) is 35.4 Å². The number of likely N-dealkylation sites (N-methyl/N-ethyl adjacent to an activating group) is 1. The lowest BCUT2D eigenvalue weighted by atomic mass is 10.1. The van der Waals surface area contributed by atoms with E-state index in [-0.39, 0.29) is 5.56 Å². The molecule has 0 aromatic heterocycles. The summed E-state index contributed by atoms with van der Waals surface area (Å²) in [6, 6.07) is 4.51. The van der Waals surface area contributed by atoms with Crippen LogP contribution in [-0.4, -0.2) is 38.8 Å². The van der Waals surface area contributed by atoms with Gasteiger partial charge in [0.25, 0.3) is 0 Å². The zero-order chi connectivity index (χ0) is 19.1. The van der Waals surface area contributed by atoms with E-state index in [1.165, 1.54) is 19.2 Å². The number of rotatable bonds is 9. The average Bonchev–Trinajstić information content (AvgIpc) is 2.50. The van der Waals surface area contributed by atoms with E-state index in [0.717, 1.165) is 35.7 Å². The summed E-state index contributed by atoms with van der Waals surface area (Å²) in [5, 5.41) is 2.59. The van der Waals surface area contributed by atoms with Crippen LogP contribution in [0.2, 0.25) is 0 Å². The Morgan fingerprint density at radius 3 is 2.44 bits per heavy atom. The predicted molar refractivity (Wildman–Crippen MR) is 89.2 cm³/mol. The van der Waals surface area contributed by atoms with Gasteiger partial charge in [-0.3, -0.25) is 4.79 Å². The van der Waals surface area contributed by atoms with Crippen LogP contribution >= 0.6 is 0 Å². The fraction of sp³-hybridized carbons (Fsp3) is 0.562. The lowest BCUT2D eigenvalue weighted by molar-refractivity contribution is -0.138. The molecule has 0 aliphatic carbocycles. The van der Waals surface area contributed by atoms with Crippen molar-refractivity contribution < 1.29 is 26.4 Å². The van der Waals surface area contributed by atoms with Crippen molar-refractivity contribution in [2.75, 3.05) is 20.1 Å². The molecular weight excluding hydrogens is 357 g/mol. The monoisotopic (exact) mass is 380 g/mol. The fourth-order valence-electron chi connectivity index (χ4n) is 2.19. The Morgan fingerprint density at radius 1 is 1.20 bits per heavy atom. The summed E-state index contributed by atoms with van der Waals surface area (Å²) in [7, 11) is -2.88. The number of halogens is 3. The molecule has 0 fully saturated rings. The fourth-order valence-corrected chi connectivity index (χ4v) is 3.37. The number of sulfonamides is 1. The molecule has 5 nitrogen and oxygen atoms in total. The third-order valence-electron chi connectivity index (χ3n) is 3.60. The van der Waals surface area contributed by atoms with Gasteiger partial charge in [0.1, 0.15) is 0 Å². The lowest BCUT2D eigenvalue weighted by Crippen LogP contribution is -2.39. The van der Waals surface area contributed by atoms with E-state index < -0.39 is 40.0 Å². The average molecular weight is 380 g/mol. The molecule has 0 atom stereocenters. The highest BCUT2D eigenvalue weighted by atomic mass is 32.2. The van der Waals surface area contributed by atoms with Gasteiger partial charge in [0.2, 0.25) is 15.9 Å². The van der Waals surface area contributed by atoms with Crippen LogP contribution in [0.3, 0.4) is 0 Å². The second-order valence-corrected chi connectivity index (χ2v) is 7.80. The maximum atomic E-state index is 13.0. The van der Waals surface area contributed by atoms with Crippen LogP contribution in [0.1, 0.15) is 37.3 Å². The third-order valence-corrected chi connectivity index (χ3v) is 5.36. The summed E-state index contributed by atoms with van der Waals surface area (Å²) >= 11 is 0. The summed E-state index contributed by atoms with van der Waals surface area (Å²) in [6.45, 7) is 2.03. The van der Waals surface area contributed by atoms with Crippen molar-refractivity contribution in [2.24, 2.45) is 0 Å². The number of carbonyl (C=O) groups is 1. The molecule has 0 radical (unpaired) electrons. The number of carbonyl (C=O) groups excluding carboxylic acids is 1. The molecule has 25 heavy (non-hydrogen) atoms. The highest BCUT2D eigenvalue weighted by Gasteiger charge is 2.34. The molecule has 1 aromatic rings. The zero-order valence-corrected chi connectivity index (χ0v) is 15.1. The maximum absolute atomic E-state index is 13.0. The summed E-state index contributed by atoms with van der Waals surface area (Å²) in [4.78, 5) is 11.7. The van der Waals surface area contributed by atoms with Gasteiger partial charge in [-0.25, -0.2) is 8.42 Å². The Kier molecular flexibility index (Phi) is 7.88. The zero-order valence-electron chi connectivity index (χ0n) is 14.3. The highest BCUT2D eigenvalue weighted by Crippen LogP contribution is 2.32. The molecule has 0 heterocycles. The number of alkyl halides is 3. The first-order chi connectivity index (χ1) is 11.6. The first kappa shape index (κ1) is 21.4. The first-order valence-electron chi connectivity index (χ1n) is 7.93. The Hall–Kier alpha value is -1.61. The smallest absolute Gasteiger partial charge is 0.355 e. The predicted octanol–water partition coefficient (Wildman–Crippen LogP) is 2.77. The van der Waals surface area contributed by atoms with E-state index in [4.69, 9.17) is 0 Å². The lowest BCUT2D eigenvalue weighted by Gasteiger charge is -2.19. The second kappa shape index (κ2) is 9.19. The van der Waals surface area contributed by atoms with Crippen molar-refractivity contribution >= 4 is 15.9 Å². The molecule has 9 heteroatoms. The molecule has 0 bridgehead atoms. The van der Waals surface area contributed by atoms with E-state index in [1.54, 1.807) is 0 Å². The van der Waals surface area contributed by atoms with E-state index in [0.29, 0.717) is 6.54 Å². The van der Waals surface area contributed by atoms with Gasteiger partial charge in [-0.15, -0.1) is 0 Å². The molecule has 0 spiro atoms. The number of nitrogens with one attached hydrogen (secondary N) is 1. The standard InChI is InChI=1S/C16H23F3N2O3S/c1-3-4-7-10-20-15(22)11-21(2)25(23,24)12-13-8-5-6-9-14(13)16(17,18)19/h5-6,8-9H,3-4,7,10-12H2,1-2H3,(H,20,22). The summed E-state index contributed by atoms with van der Waals surface area (Å²) in [6.07, 6.45) is -1.91. The molecule has 0 aliphatic rings. The van der Waals surface area contributed by atoms with E-state index in [2.05, 4.69) is 5.32 Å². The van der Waals surface area contributed by atoms with E-state index in [1.807, 2.05) is 6.92 Å². The largest absolute Gasteiger partial charge is 0.416 e. The van der Waals surface area contributed by atoms with Crippen molar-refractivity contribution in [1.82, 2.24) is 9.62 Å². The van der Waals surface area contributed by atoms with Gasteiger partial charge in [0.05, 0.1) is 17.9 Å². The molecule has 1 N–H and O–H groups in total. The Bertz CT molecular complexity index is 675. The summed E-state index contributed by atoms with van der Waals surface area (Å²) in [5.74, 6) is -1.30. The number of unbranched alkanes of at least 4 members (excludes halogenated alkanes) is 2. The van der Waals surface area contributed by atoms with Crippen LogP contribution < -0.4 is 5.32 Å². The van der Waals surface area contributed by atoms with Crippen LogP contribution in [0, 0.1) is 0 Å². The normalized spacial score (nSPS) is 12.4. The molecule has 1 rings (SSSR count). The van der Waals surface area contributed by atoms with Crippen LogP contribution in [0.4, 0.5) is 13.2 Å². The quantitative estimate of drug-likeness (QED) is 0.670. The number of hydrogen-bond acceptors (Lipinski definition) is 3. The van der Waals surface area contributed by atoms with Gasteiger partial charge in [-0.2, -0.15) is 17.5 Å². The molecule has 1 amide bonds. The van der Waals surface area contributed by atoms with Gasteiger partial charge in [-0.05, 0) is 18.1 Å². The highest BCUT2D eigenvalue weighted by molar-refractivity contribution is 7.88.